The molecule has 31 heavy (non-hydrogen) atoms. The molecule has 0 atom stereocenters. The first-order chi connectivity index (χ1) is 15.1. The summed E-state index contributed by atoms with van der Waals surface area (Å²) in [7, 11) is 0. The van der Waals surface area contributed by atoms with E-state index < -0.39 is 0 Å². The third-order valence-electron chi connectivity index (χ3n) is 5.06. The van der Waals surface area contributed by atoms with Gasteiger partial charge in [-0.1, -0.05) is 60.1 Å². The Morgan fingerprint density at radius 3 is 2.61 bits per heavy atom. The van der Waals surface area contributed by atoms with Gasteiger partial charge >= 0.3 is 0 Å². The third kappa shape index (κ3) is 5.48. The van der Waals surface area contributed by atoms with Crippen LogP contribution in [0.25, 0.3) is 0 Å². The summed E-state index contributed by atoms with van der Waals surface area (Å²) in [5, 5.41) is 11.0. The minimum Gasteiger partial charge on any atom is -0.354 e. The first kappa shape index (κ1) is 21.5. The monoisotopic (exact) mass is 454 g/mol. The average molecular weight is 455 g/mol. The van der Waals surface area contributed by atoms with Crippen LogP contribution in [0.4, 0.5) is 5.82 Å². The van der Waals surface area contributed by atoms with Gasteiger partial charge in [-0.05, 0) is 23.6 Å². The van der Waals surface area contributed by atoms with E-state index in [4.69, 9.17) is 11.6 Å². The lowest BCUT2D eigenvalue weighted by Crippen LogP contribution is -2.30. The molecule has 3 aromatic rings. The van der Waals surface area contributed by atoms with Crippen molar-refractivity contribution in [1.82, 2.24) is 15.1 Å². The molecule has 2 N–H and O–H groups in total. The van der Waals surface area contributed by atoms with Gasteiger partial charge in [-0.15, -0.1) is 0 Å². The molecule has 0 fully saturated rings. The van der Waals surface area contributed by atoms with E-state index in [1.807, 2.05) is 48.5 Å². The molecule has 8 heteroatoms. The molecule has 2 aromatic carbocycles. The molecule has 6 nitrogen and oxygen atoms in total. The third-order valence-corrected chi connectivity index (χ3v) is 6.40. The van der Waals surface area contributed by atoms with Crippen LogP contribution in [0, 0.1) is 0 Å². The highest BCUT2D eigenvalue weighted by Gasteiger charge is 2.25. The molecule has 0 saturated carbocycles. The van der Waals surface area contributed by atoms with Crippen LogP contribution in [-0.2, 0) is 40.5 Å². The van der Waals surface area contributed by atoms with Crippen LogP contribution in [0.3, 0.4) is 0 Å². The Morgan fingerprint density at radius 2 is 1.81 bits per heavy atom. The van der Waals surface area contributed by atoms with Gasteiger partial charge in [0.2, 0.25) is 11.8 Å². The van der Waals surface area contributed by atoms with Gasteiger partial charge in [-0.3, -0.25) is 9.59 Å². The Bertz CT molecular complexity index is 1080. The second kappa shape index (κ2) is 10.0. The molecule has 0 unspecified atom stereocenters. The second-order valence-corrected chi connectivity index (χ2v) is 8.72. The van der Waals surface area contributed by atoms with Gasteiger partial charge in [0.25, 0.3) is 0 Å². The quantitative estimate of drug-likeness (QED) is 0.542. The van der Waals surface area contributed by atoms with Gasteiger partial charge in [0.1, 0.15) is 12.4 Å². The van der Waals surface area contributed by atoms with Crippen LogP contribution in [0.15, 0.2) is 54.6 Å². The number of carbonyl (C=O) groups excluding carboxylic acids is 2. The van der Waals surface area contributed by atoms with Gasteiger partial charge in [-0.2, -0.15) is 16.9 Å². The molecule has 0 saturated heterocycles. The van der Waals surface area contributed by atoms with Crippen LogP contribution in [0.5, 0.6) is 0 Å². The SMILES string of the molecule is O=C(Cn1nc2c(c1NC(=O)Cc1ccccc1Cl)CSC2)NCCc1ccccc1. The van der Waals surface area contributed by atoms with Crippen LogP contribution < -0.4 is 10.6 Å². The molecule has 1 aliphatic heterocycles. The Hall–Kier alpha value is -2.77. The number of benzene rings is 2. The molecule has 1 aliphatic rings. The Balaban J connectivity index is 1.39. The summed E-state index contributed by atoms with van der Waals surface area (Å²) in [6, 6.07) is 17.3. The Kier molecular flexibility index (Phi) is 6.94. The number of anilines is 1. The standard InChI is InChI=1S/C23H23ClN4O2S/c24-19-9-5-4-8-17(19)12-21(29)26-23-18-14-31-15-20(18)27-28(23)13-22(30)25-11-10-16-6-2-1-3-7-16/h1-9H,10-15H2,(H,25,30)(H,26,29). The van der Waals surface area contributed by atoms with Crippen molar-refractivity contribution in [1.29, 1.82) is 0 Å². The smallest absolute Gasteiger partial charge is 0.241 e. The minimum absolute atomic E-state index is 0.0637. The largest absolute Gasteiger partial charge is 0.354 e. The number of aromatic nitrogens is 2. The lowest BCUT2D eigenvalue weighted by atomic mass is 10.1. The predicted molar refractivity (Wildman–Crippen MR) is 124 cm³/mol. The van der Waals surface area contributed by atoms with Crippen molar-refractivity contribution in [3.63, 3.8) is 0 Å². The number of hydrogen-bond acceptors (Lipinski definition) is 4. The van der Waals surface area contributed by atoms with Crippen LogP contribution in [0.2, 0.25) is 5.02 Å². The van der Waals surface area contributed by atoms with Gasteiger partial charge in [0.15, 0.2) is 0 Å². The number of amides is 2. The van der Waals surface area contributed by atoms with Crippen molar-refractivity contribution in [2.45, 2.75) is 30.9 Å². The maximum absolute atomic E-state index is 12.7. The van der Waals surface area contributed by atoms with E-state index in [0.29, 0.717) is 17.4 Å². The van der Waals surface area contributed by atoms with Crippen molar-refractivity contribution in [3.8, 4) is 0 Å². The number of hydrogen-bond donors (Lipinski definition) is 2. The number of rotatable bonds is 8. The first-order valence-electron chi connectivity index (χ1n) is 10.1. The number of thioether (sulfide) groups is 1. The van der Waals surface area contributed by atoms with E-state index in [0.717, 1.165) is 34.7 Å². The lowest BCUT2D eigenvalue weighted by molar-refractivity contribution is -0.122. The molecule has 0 bridgehead atoms. The summed E-state index contributed by atoms with van der Waals surface area (Å²) >= 11 is 7.93. The van der Waals surface area contributed by atoms with E-state index in [1.54, 1.807) is 22.5 Å². The maximum Gasteiger partial charge on any atom is 0.241 e. The highest BCUT2D eigenvalue weighted by molar-refractivity contribution is 7.98. The Morgan fingerprint density at radius 1 is 1.03 bits per heavy atom. The zero-order valence-electron chi connectivity index (χ0n) is 16.9. The van der Waals surface area contributed by atoms with Gasteiger partial charge < -0.3 is 10.6 Å². The minimum atomic E-state index is -0.182. The summed E-state index contributed by atoms with van der Waals surface area (Å²) in [4.78, 5) is 25.2. The summed E-state index contributed by atoms with van der Waals surface area (Å²) in [5.41, 5.74) is 3.85. The van der Waals surface area contributed by atoms with Crippen molar-refractivity contribution in [2.75, 3.05) is 11.9 Å². The topological polar surface area (TPSA) is 76.0 Å². The molecule has 4 rings (SSSR count). The zero-order chi connectivity index (χ0) is 21.6. The molecular weight excluding hydrogens is 432 g/mol. The molecule has 2 heterocycles. The van der Waals surface area contributed by atoms with Gasteiger partial charge in [-0.25, -0.2) is 4.68 Å². The van der Waals surface area contributed by atoms with E-state index in [2.05, 4.69) is 15.7 Å². The van der Waals surface area contributed by atoms with Crippen LogP contribution in [-0.4, -0.2) is 28.1 Å². The predicted octanol–water partition coefficient (Wildman–Crippen LogP) is 3.82. The molecule has 0 aliphatic carbocycles. The highest BCUT2D eigenvalue weighted by Crippen LogP contribution is 2.34. The van der Waals surface area contributed by atoms with E-state index in [-0.39, 0.29) is 24.8 Å². The highest BCUT2D eigenvalue weighted by atomic mass is 35.5. The fraction of sp³-hybridized carbons (Fsp3) is 0.261. The lowest BCUT2D eigenvalue weighted by Gasteiger charge is -2.12. The maximum atomic E-state index is 12.7. The van der Waals surface area contributed by atoms with E-state index >= 15 is 0 Å². The average Bonchev–Trinajstić information content (AvgIpc) is 3.33. The van der Waals surface area contributed by atoms with E-state index in [1.165, 1.54) is 5.56 Å². The molecule has 0 spiro atoms. The first-order valence-corrected chi connectivity index (χ1v) is 11.6. The summed E-state index contributed by atoms with van der Waals surface area (Å²) in [6.45, 7) is 0.613. The number of nitrogens with zero attached hydrogens (tertiary/aromatic N) is 2. The zero-order valence-corrected chi connectivity index (χ0v) is 18.5. The fourth-order valence-electron chi connectivity index (χ4n) is 3.49. The molecular formula is C23H23ClN4O2S. The van der Waals surface area contributed by atoms with Crippen molar-refractivity contribution in [2.24, 2.45) is 0 Å². The van der Waals surface area contributed by atoms with Gasteiger partial charge in [0, 0.05) is 28.6 Å². The van der Waals surface area contributed by atoms with Crippen molar-refractivity contribution in [3.05, 3.63) is 82.0 Å². The molecule has 1 aromatic heterocycles. The Labute approximate surface area is 190 Å². The van der Waals surface area contributed by atoms with E-state index in [9.17, 15) is 9.59 Å². The summed E-state index contributed by atoms with van der Waals surface area (Å²) < 4.78 is 1.60. The van der Waals surface area contributed by atoms with Crippen molar-refractivity contribution >= 4 is 41.0 Å². The van der Waals surface area contributed by atoms with Gasteiger partial charge in [0.05, 0.1) is 12.1 Å². The second-order valence-electron chi connectivity index (χ2n) is 7.33. The molecule has 160 valence electrons. The van der Waals surface area contributed by atoms with Crippen LogP contribution >= 0.6 is 23.4 Å². The molecule has 2 amide bonds. The fourth-order valence-corrected chi connectivity index (χ4v) is 4.73. The van der Waals surface area contributed by atoms with Crippen LogP contribution in [0.1, 0.15) is 22.4 Å². The number of halogens is 1. The van der Waals surface area contributed by atoms with Crippen molar-refractivity contribution < 1.29 is 9.59 Å². The number of carbonyl (C=O) groups is 2. The molecule has 0 radical (unpaired) electrons. The summed E-state index contributed by atoms with van der Waals surface area (Å²) in [6.07, 6.45) is 0.927. The number of fused-ring (bicyclic) bond motifs is 1. The summed E-state index contributed by atoms with van der Waals surface area (Å²) in [5.74, 6) is 1.85. The number of nitrogens with one attached hydrogen (secondary N) is 2. The normalized spacial score (nSPS) is 12.4.